The minimum atomic E-state index is -0.121. The lowest BCUT2D eigenvalue weighted by atomic mass is 10.2. The summed E-state index contributed by atoms with van der Waals surface area (Å²) in [4.78, 5) is 11.6. The molecule has 4 nitrogen and oxygen atoms in total. The van der Waals surface area contributed by atoms with Gasteiger partial charge in [0.05, 0.1) is 12.1 Å². The zero-order valence-corrected chi connectivity index (χ0v) is 10.6. The molecule has 2 atom stereocenters. The Balaban J connectivity index is 2.09. The number of carbonyl (C=O) groups is 1. The van der Waals surface area contributed by atoms with Crippen molar-refractivity contribution in [3.05, 3.63) is 0 Å². The van der Waals surface area contributed by atoms with E-state index in [1.165, 1.54) is 6.42 Å². The molecule has 1 aliphatic heterocycles. The first-order valence-electron chi connectivity index (χ1n) is 6.25. The normalized spacial score (nSPS) is 22.4. The van der Waals surface area contributed by atoms with E-state index in [0.29, 0.717) is 6.10 Å². The predicted molar refractivity (Wildman–Crippen MR) is 64.3 cm³/mol. The van der Waals surface area contributed by atoms with Crippen LogP contribution in [0.1, 0.15) is 40.0 Å². The highest BCUT2D eigenvalue weighted by Crippen LogP contribution is 2.14. The molecule has 0 aliphatic carbocycles. The van der Waals surface area contributed by atoms with E-state index in [4.69, 9.17) is 4.74 Å². The summed E-state index contributed by atoms with van der Waals surface area (Å²) in [6, 6.07) is 0.0821. The Morgan fingerprint density at radius 2 is 2.19 bits per heavy atom. The predicted octanol–water partition coefficient (Wildman–Crippen LogP) is 1.06. The molecule has 1 aliphatic rings. The van der Waals surface area contributed by atoms with E-state index in [0.717, 1.165) is 26.0 Å². The fourth-order valence-corrected chi connectivity index (χ4v) is 1.84. The molecular formula is C12H24N2O2. The van der Waals surface area contributed by atoms with Gasteiger partial charge in [-0.25, -0.2) is 0 Å². The fraction of sp³-hybridized carbons (Fsp3) is 0.917. The first-order chi connectivity index (χ1) is 7.59. The number of hydrogen-bond acceptors (Lipinski definition) is 3. The van der Waals surface area contributed by atoms with Gasteiger partial charge in [0.15, 0.2) is 0 Å². The number of nitrogens with one attached hydrogen (secondary N) is 2. The Hall–Kier alpha value is -0.610. The zero-order valence-electron chi connectivity index (χ0n) is 10.6. The smallest absolute Gasteiger partial charge is 0.237 e. The zero-order chi connectivity index (χ0) is 12.0. The molecule has 4 heteroatoms. The van der Waals surface area contributed by atoms with Gasteiger partial charge in [0.1, 0.15) is 0 Å². The maximum atomic E-state index is 11.6. The summed E-state index contributed by atoms with van der Waals surface area (Å²) in [6.45, 7) is 7.58. The first-order valence-corrected chi connectivity index (χ1v) is 6.25. The lowest BCUT2D eigenvalue weighted by Gasteiger charge is -2.17. The van der Waals surface area contributed by atoms with Crippen molar-refractivity contribution in [3.8, 4) is 0 Å². The molecule has 0 spiro atoms. The van der Waals surface area contributed by atoms with Crippen molar-refractivity contribution in [1.29, 1.82) is 0 Å². The highest BCUT2D eigenvalue weighted by molar-refractivity contribution is 5.81. The van der Waals surface area contributed by atoms with Crippen LogP contribution in [0.3, 0.4) is 0 Å². The van der Waals surface area contributed by atoms with Crippen molar-refractivity contribution in [1.82, 2.24) is 10.6 Å². The summed E-state index contributed by atoms with van der Waals surface area (Å²) in [6.07, 6.45) is 3.73. The van der Waals surface area contributed by atoms with Crippen LogP contribution in [0, 0.1) is 0 Å². The molecule has 1 heterocycles. The van der Waals surface area contributed by atoms with Crippen LogP contribution >= 0.6 is 0 Å². The van der Waals surface area contributed by atoms with Crippen LogP contribution in [0.15, 0.2) is 0 Å². The molecule has 2 N–H and O–H groups in total. The molecule has 2 unspecified atom stereocenters. The summed E-state index contributed by atoms with van der Waals surface area (Å²) < 4.78 is 5.52. The third kappa shape index (κ3) is 4.94. The van der Waals surface area contributed by atoms with Gasteiger partial charge in [0.2, 0.25) is 5.91 Å². The summed E-state index contributed by atoms with van der Waals surface area (Å²) >= 11 is 0. The molecule has 94 valence electrons. The van der Waals surface area contributed by atoms with Crippen LogP contribution in [0.25, 0.3) is 0 Å². The van der Waals surface area contributed by atoms with Crippen LogP contribution in [0.5, 0.6) is 0 Å². The molecule has 1 saturated heterocycles. The van der Waals surface area contributed by atoms with Crippen LogP contribution in [-0.2, 0) is 9.53 Å². The van der Waals surface area contributed by atoms with Crippen molar-refractivity contribution in [2.45, 2.75) is 58.2 Å². The van der Waals surface area contributed by atoms with Crippen molar-refractivity contribution >= 4 is 5.91 Å². The fourth-order valence-electron chi connectivity index (χ4n) is 1.84. The number of hydrogen-bond donors (Lipinski definition) is 2. The van der Waals surface area contributed by atoms with Crippen LogP contribution in [0.4, 0.5) is 0 Å². The lowest BCUT2D eigenvalue weighted by Crippen LogP contribution is -2.45. The van der Waals surface area contributed by atoms with Gasteiger partial charge in [-0.05, 0) is 46.6 Å². The van der Waals surface area contributed by atoms with Crippen LogP contribution in [-0.4, -0.2) is 37.2 Å². The van der Waals surface area contributed by atoms with E-state index in [-0.39, 0.29) is 18.0 Å². The second-order valence-corrected chi connectivity index (χ2v) is 4.76. The maximum absolute atomic E-state index is 11.6. The molecular weight excluding hydrogens is 204 g/mol. The van der Waals surface area contributed by atoms with Gasteiger partial charge in [-0.15, -0.1) is 0 Å². The van der Waals surface area contributed by atoms with Gasteiger partial charge in [-0.1, -0.05) is 0 Å². The average molecular weight is 228 g/mol. The summed E-state index contributed by atoms with van der Waals surface area (Å²) in [7, 11) is 0. The third-order valence-corrected chi connectivity index (χ3v) is 2.77. The number of rotatable bonds is 6. The second-order valence-electron chi connectivity index (χ2n) is 4.76. The molecule has 0 aromatic rings. The van der Waals surface area contributed by atoms with E-state index >= 15 is 0 Å². The van der Waals surface area contributed by atoms with E-state index in [2.05, 4.69) is 10.6 Å². The molecule has 0 aromatic carbocycles. The van der Waals surface area contributed by atoms with Gasteiger partial charge in [-0.3, -0.25) is 4.79 Å². The SMILES string of the molecule is CC(C)NC(=O)C(C)NCCC1CCCO1. The van der Waals surface area contributed by atoms with E-state index in [1.807, 2.05) is 20.8 Å². The molecule has 0 aromatic heterocycles. The van der Waals surface area contributed by atoms with Crippen molar-refractivity contribution < 1.29 is 9.53 Å². The Kier molecular flexibility index (Phi) is 5.77. The Morgan fingerprint density at radius 3 is 2.75 bits per heavy atom. The van der Waals surface area contributed by atoms with Crippen molar-refractivity contribution in [2.24, 2.45) is 0 Å². The minimum absolute atomic E-state index is 0.0716. The average Bonchev–Trinajstić information content (AvgIpc) is 2.69. The Bertz CT molecular complexity index is 213. The van der Waals surface area contributed by atoms with Crippen molar-refractivity contribution in [3.63, 3.8) is 0 Å². The molecule has 1 amide bonds. The molecule has 16 heavy (non-hydrogen) atoms. The van der Waals surface area contributed by atoms with Gasteiger partial charge in [0.25, 0.3) is 0 Å². The largest absolute Gasteiger partial charge is 0.378 e. The standard InChI is InChI=1S/C12H24N2O2/c1-9(2)14-12(15)10(3)13-7-6-11-5-4-8-16-11/h9-11,13H,4-8H2,1-3H3,(H,14,15). The monoisotopic (exact) mass is 228 g/mol. The Labute approximate surface area is 98.1 Å². The van der Waals surface area contributed by atoms with Gasteiger partial charge in [0, 0.05) is 12.6 Å². The van der Waals surface area contributed by atoms with E-state index < -0.39 is 0 Å². The summed E-state index contributed by atoms with van der Waals surface area (Å²) in [5.74, 6) is 0.0716. The van der Waals surface area contributed by atoms with Gasteiger partial charge >= 0.3 is 0 Å². The number of carbonyl (C=O) groups excluding carboxylic acids is 1. The molecule has 1 rings (SSSR count). The number of ether oxygens (including phenoxy) is 1. The highest BCUT2D eigenvalue weighted by atomic mass is 16.5. The van der Waals surface area contributed by atoms with Crippen molar-refractivity contribution in [2.75, 3.05) is 13.2 Å². The molecule has 0 saturated carbocycles. The van der Waals surface area contributed by atoms with Gasteiger partial charge < -0.3 is 15.4 Å². The summed E-state index contributed by atoms with van der Waals surface area (Å²) in [5, 5.41) is 6.11. The van der Waals surface area contributed by atoms with E-state index in [9.17, 15) is 4.79 Å². The minimum Gasteiger partial charge on any atom is -0.378 e. The van der Waals surface area contributed by atoms with Gasteiger partial charge in [-0.2, -0.15) is 0 Å². The molecule has 0 bridgehead atoms. The summed E-state index contributed by atoms with van der Waals surface area (Å²) in [5.41, 5.74) is 0. The lowest BCUT2D eigenvalue weighted by molar-refractivity contribution is -0.123. The number of amides is 1. The quantitative estimate of drug-likeness (QED) is 0.714. The third-order valence-electron chi connectivity index (χ3n) is 2.77. The molecule has 0 radical (unpaired) electrons. The van der Waals surface area contributed by atoms with Crippen LogP contribution in [0.2, 0.25) is 0 Å². The van der Waals surface area contributed by atoms with E-state index in [1.54, 1.807) is 0 Å². The topological polar surface area (TPSA) is 50.4 Å². The highest BCUT2D eigenvalue weighted by Gasteiger charge is 2.17. The Morgan fingerprint density at radius 1 is 1.44 bits per heavy atom. The van der Waals surface area contributed by atoms with Crippen LogP contribution < -0.4 is 10.6 Å². The molecule has 1 fully saturated rings. The second kappa shape index (κ2) is 6.86. The first kappa shape index (κ1) is 13.5. The maximum Gasteiger partial charge on any atom is 0.237 e.